The smallest absolute Gasteiger partial charge is 0.276 e. The van der Waals surface area contributed by atoms with Crippen molar-refractivity contribution in [3.05, 3.63) is 41.0 Å². The molecule has 0 aliphatic heterocycles. The van der Waals surface area contributed by atoms with Crippen LogP contribution in [0, 0.1) is 0 Å². The number of nitrogens with one attached hydrogen (secondary N) is 1. The van der Waals surface area contributed by atoms with Crippen molar-refractivity contribution < 1.29 is 8.78 Å². The number of halogens is 3. The number of hydrogen-bond acceptors (Lipinski definition) is 1. The summed E-state index contributed by atoms with van der Waals surface area (Å²) in [5, 5.41) is 6.67. The summed E-state index contributed by atoms with van der Waals surface area (Å²) < 4.78 is 24.5. The minimum absolute atomic E-state index is 0.181. The van der Waals surface area contributed by atoms with Gasteiger partial charge < -0.3 is 0 Å². The average molecular weight is 229 g/mol. The van der Waals surface area contributed by atoms with Gasteiger partial charge in [0.15, 0.2) is 0 Å². The third kappa shape index (κ3) is 2.15. The van der Waals surface area contributed by atoms with Crippen molar-refractivity contribution in [3.8, 4) is 11.3 Å². The molecule has 2 rings (SSSR count). The lowest BCUT2D eigenvalue weighted by Gasteiger charge is -1.95. The summed E-state index contributed by atoms with van der Waals surface area (Å²) in [4.78, 5) is 0. The lowest BCUT2D eigenvalue weighted by atomic mass is 10.1. The van der Waals surface area contributed by atoms with E-state index in [-0.39, 0.29) is 5.69 Å². The monoisotopic (exact) mass is 228 g/mol. The van der Waals surface area contributed by atoms with Gasteiger partial charge in [-0.1, -0.05) is 23.7 Å². The molecule has 78 valence electrons. The summed E-state index contributed by atoms with van der Waals surface area (Å²) in [7, 11) is 0. The van der Waals surface area contributed by atoms with Gasteiger partial charge in [0.2, 0.25) is 0 Å². The number of benzene rings is 1. The first-order valence-electron chi connectivity index (χ1n) is 4.26. The summed E-state index contributed by atoms with van der Waals surface area (Å²) in [5.74, 6) is 0. The van der Waals surface area contributed by atoms with E-state index in [0.29, 0.717) is 10.7 Å². The third-order valence-corrected chi connectivity index (χ3v) is 2.22. The molecule has 0 amide bonds. The minimum atomic E-state index is -2.53. The molecule has 0 atom stereocenters. The van der Waals surface area contributed by atoms with Crippen LogP contribution in [0.3, 0.4) is 0 Å². The molecule has 1 N–H and O–H groups in total. The first kappa shape index (κ1) is 10.1. The third-order valence-electron chi connectivity index (χ3n) is 1.97. The van der Waals surface area contributed by atoms with Crippen LogP contribution in [-0.4, -0.2) is 10.2 Å². The van der Waals surface area contributed by atoms with Crippen LogP contribution in [0.2, 0.25) is 5.02 Å². The first-order valence-corrected chi connectivity index (χ1v) is 4.64. The van der Waals surface area contributed by atoms with Gasteiger partial charge in [-0.25, -0.2) is 8.78 Å². The van der Waals surface area contributed by atoms with E-state index < -0.39 is 6.43 Å². The largest absolute Gasteiger partial charge is 0.279 e. The highest BCUT2D eigenvalue weighted by Crippen LogP contribution is 2.23. The summed E-state index contributed by atoms with van der Waals surface area (Å²) in [6.07, 6.45) is -2.53. The fourth-order valence-electron chi connectivity index (χ4n) is 1.22. The summed E-state index contributed by atoms with van der Waals surface area (Å²) >= 11 is 5.71. The SMILES string of the molecule is FC(F)c1cc(-c2ccc(Cl)cc2)n[nH]1. The average Bonchev–Trinajstić information content (AvgIpc) is 2.68. The Hall–Kier alpha value is -1.42. The van der Waals surface area contributed by atoms with E-state index >= 15 is 0 Å². The Bertz CT molecular complexity index is 451. The fourth-order valence-corrected chi connectivity index (χ4v) is 1.34. The second-order valence-electron chi connectivity index (χ2n) is 3.02. The zero-order chi connectivity index (χ0) is 10.8. The molecule has 0 radical (unpaired) electrons. The maximum Gasteiger partial charge on any atom is 0.279 e. The lowest BCUT2D eigenvalue weighted by Crippen LogP contribution is -1.81. The minimum Gasteiger partial charge on any atom is -0.276 e. The van der Waals surface area contributed by atoms with Crippen LogP contribution in [-0.2, 0) is 0 Å². The zero-order valence-electron chi connectivity index (χ0n) is 7.55. The quantitative estimate of drug-likeness (QED) is 0.835. The molecule has 0 unspecified atom stereocenters. The Kier molecular flexibility index (Phi) is 2.68. The van der Waals surface area contributed by atoms with Crippen molar-refractivity contribution in [1.29, 1.82) is 0 Å². The second kappa shape index (κ2) is 3.98. The van der Waals surface area contributed by atoms with Crippen LogP contribution < -0.4 is 0 Å². The Morgan fingerprint density at radius 2 is 1.87 bits per heavy atom. The van der Waals surface area contributed by atoms with Gasteiger partial charge in [-0.15, -0.1) is 0 Å². The number of rotatable bonds is 2. The second-order valence-corrected chi connectivity index (χ2v) is 3.45. The Balaban J connectivity index is 2.33. The fraction of sp³-hybridized carbons (Fsp3) is 0.100. The molecular weight excluding hydrogens is 222 g/mol. The Morgan fingerprint density at radius 3 is 2.40 bits per heavy atom. The Labute approximate surface area is 89.9 Å². The summed E-state index contributed by atoms with van der Waals surface area (Å²) in [6.45, 7) is 0. The molecule has 0 fully saturated rings. The van der Waals surface area contributed by atoms with Crippen LogP contribution in [0.15, 0.2) is 30.3 Å². The number of aromatic nitrogens is 2. The predicted octanol–water partition coefficient (Wildman–Crippen LogP) is 3.67. The highest BCUT2D eigenvalue weighted by Gasteiger charge is 2.11. The summed E-state index contributed by atoms with van der Waals surface area (Å²) in [5.41, 5.74) is 1.06. The van der Waals surface area contributed by atoms with Gasteiger partial charge in [-0.05, 0) is 18.2 Å². The van der Waals surface area contributed by atoms with Gasteiger partial charge >= 0.3 is 0 Å². The topological polar surface area (TPSA) is 28.7 Å². The number of H-pyrrole nitrogens is 1. The van der Waals surface area contributed by atoms with Crippen molar-refractivity contribution in [2.45, 2.75) is 6.43 Å². The molecular formula is C10H7ClF2N2. The molecule has 1 heterocycles. The first-order chi connectivity index (χ1) is 7.16. The number of nitrogens with zero attached hydrogens (tertiary/aromatic N) is 1. The number of hydrogen-bond donors (Lipinski definition) is 1. The van der Waals surface area contributed by atoms with E-state index in [2.05, 4.69) is 10.2 Å². The molecule has 0 aliphatic carbocycles. The highest BCUT2D eigenvalue weighted by atomic mass is 35.5. The lowest BCUT2D eigenvalue weighted by molar-refractivity contribution is 0.146. The molecule has 2 aromatic rings. The molecule has 0 saturated carbocycles. The van der Waals surface area contributed by atoms with Crippen LogP contribution in [0.5, 0.6) is 0 Å². The molecule has 2 nitrogen and oxygen atoms in total. The van der Waals surface area contributed by atoms with E-state index in [9.17, 15) is 8.78 Å². The van der Waals surface area contributed by atoms with Crippen LogP contribution >= 0.6 is 11.6 Å². The molecule has 0 saturated heterocycles. The summed E-state index contributed by atoms with van der Waals surface area (Å²) in [6, 6.07) is 8.16. The molecule has 5 heteroatoms. The number of aromatic amines is 1. The van der Waals surface area contributed by atoms with Crippen molar-refractivity contribution in [2.24, 2.45) is 0 Å². The number of alkyl halides is 2. The van der Waals surface area contributed by atoms with E-state index in [4.69, 9.17) is 11.6 Å². The van der Waals surface area contributed by atoms with Gasteiger partial charge in [0, 0.05) is 10.6 Å². The Morgan fingerprint density at radius 1 is 1.20 bits per heavy atom. The van der Waals surface area contributed by atoms with Gasteiger partial charge in [0.1, 0.15) is 5.69 Å². The van der Waals surface area contributed by atoms with Gasteiger partial charge in [0.25, 0.3) is 6.43 Å². The van der Waals surface area contributed by atoms with E-state index in [1.807, 2.05) is 0 Å². The maximum absolute atomic E-state index is 12.3. The molecule has 15 heavy (non-hydrogen) atoms. The normalized spacial score (nSPS) is 10.9. The molecule has 1 aromatic carbocycles. The standard InChI is InChI=1S/C10H7ClF2N2/c11-7-3-1-6(2-4-7)8-5-9(10(12)13)15-14-8/h1-5,10H,(H,14,15). The van der Waals surface area contributed by atoms with Crippen LogP contribution in [0.1, 0.15) is 12.1 Å². The van der Waals surface area contributed by atoms with E-state index in [1.165, 1.54) is 6.07 Å². The predicted molar refractivity (Wildman–Crippen MR) is 54.0 cm³/mol. The van der Waals surface area contributed by atoms with Gasteiger partial charge in [0.05, 0.1) is 5.69 Å². The zero-order valence-corrected chi connectivity index (χ0v) is 8.30. The highest BCUT2D eigenvalue weighted by molar-refractivity contribution is 6.30. The molecule has 0 spiro atoms. The molecule has 0 bridgehead atoms. The van der Waals surface area contributed by atoms with Crippen LogP contribution in [0.4, 0.5) is 8.78 Å². The van der Waals surface area contributed by atoms with Crippen molar-refractivity contribution in [2.75, 3.05) is 0 Å². The van der Waals surface area contributed by atoms with E-state index in [0.717, 1.165) is 5.56 Å². The van der Waals surface area contributed by atoms with Crippen molar-refractivity contribution in [1.82, 2.24) is 10.2 Å². The van der Waals surface area contributed by atoms with Crippen molar-refractivity contribution >= 4 is 11.6 Å². The van der Waals surface area contributed by atoms with Gasteiger partial charge in [-0.3, -0.25) is 5.10 Å². The molecule has 0 aliphatic rings. The van der Waals surface area contributed by atoms with Crippen LogP contribution in [0.25, 0.3) is 11.3 Å². The maximum atomic E-state index is 12.3. The van der Waals surface area contributed by atoms with Crippen molar-refractivity contribution in [3.63, 3.8) is 0 Å². The van der Waals surface area contributed by atoms with Gasteiger partial charge in [-0.2, -0.15) is 5.10 Å². The van der Waals surface area contributed by atoms with E-state index in [1.54, 1.807) is 24.3 Å². The molecule has 1 aromatic heterocycles.